The Morgan fingerprint density at radius 3 is 2.78 bits per heavy atom. The molecule has 0 bridgehead atoms. The molecule has 1 aliphatic heterocycles. The molecule has 1 aliphatic rings. The summed E-state index contributed by atoms with van der Waals surface area (Å²) in [6.45, 7) is 5.99. The summed E-state index contributed by atoms with van der Waals surface area (Å²) < 4.78 is 12.1. The second-order valence-electron chi connectivity index (χ2n) is 5.59. The third-order valence-corrected chi connectivity index (χ3v) is 3.93. The quantitative estimate of drug-likeness (QED) is 0.764. The molecule has 0 saturated carbocycles. The Hall–Kier alpha value is -2.21. The van der Waals surface area contributed by atoms with Crippen LogP contribution in [0, 0.1) is 0 Å². The van der Waals surface area contributed by atoms with Gasteiger partial charge in [-0.1, -0.05) is 13.0 Å². The lowest BCUT2D eigenvalue weighted by Gasteiger charge is -2.24. The van der Waals surface area contributed by atoms with Crippen LogP contribution in [0.4, 0.5) is 0 Å². The number of hydrogen-bond acceptors (Lipinski definition) is 5. The van der Waals surface area contributed by atoms with Crippen LogP contribution in [0.2, 0.25) is 0 Å². The predicted octanol–water partition coefficient (Wildman–Crippen LogP) is 2.18. The molecule has 2 aromatic rings. The molecule has 0 radical (unpaired) electrons. The smallest absolute Gasteiger partial charge is 0.341 e. The lowest BCUT2D eigenvalue weighted by atomic mass is 10.0. The van der Waals surface area contributed by atoms with E-state index in [2.05, 4.69) is 23.1 Å². The second kappa shape index (κ2) is 6.91. The molecular formula is C17H21N3O3. The summed E-state index contributed by atoms with van der Waals surface area (Å²) >= 11 is 0. The Morgan fingerprint density at radius 2 is 2.22 bits per heavy atom. The van der Waals surface area contributed by atoms with Crippen LogP contribution in [0.5, 0.6) is 0 Å². The minimum atomic E-state index is -0.324. The third-order valence-electron chi connectivity index (χ3n) is 3.93. The highest BCUT2D eigenvalue weighted by molar-refractivity contribution is 5.90. The summed E-state index contributed by atoms with van der Waals surface area (Å²) in [6.07, 6.45) is 4.60. The van der Waals surface area contributed by atoms with E-state index in [-0.39, 0.29) is 11.9 Å². The van der Waals surface area contributed by atoms with Gasteiger partial charge in [-0.25, -0.2) is 4.79 Å². The lowest BCUT2D eigenvalue weighted by molar-refractivity contribution is 0.00573. The van der Waals surface area contributed by atoms with Gasteiger partial charge in [-0.05, 0) is 25.0 Å². The maximum absolute atomic E-state index is 12.1. The molecule has 2 aromatic heterocycles. The van der Waals surface area contributed by atoms with Crippen LogP contribution in [-0.4, -0.2) is 40.6 Å². The van der Waals surface area contributed by atoms with Crippen molar-refractivity contribution < 1.29 is 14.3 Å². The van der Waals surface area contributed by atoms with Gasteiger partial charge < -0.3 is 9.47 Å². The second-order valence-corrected chi connectivity index (χ2v) is 5.59. The summed E-state index contributed by atoms with van der Waals surface area (Å²) in [5, 5.41) is 4.57. The van der Waals surface area contributed by atoms with Crippen molar-refractivity contribution in [2.75, 3.05) is 19.8 Å². The number of esters is 1. The number of rotatable bonds is 6. The molecule has 23 heavy (non-hydrogen) atoms. The zero-order chi connectivity index (χ0) is 16.2. The zero-order valence-corrected chi connectivity index (χ0v) is 13.5. The Kier molecular flexibility index (Phi) is 4.71. The van der Waals surface area contributed by atoms with E-state index in [9.17, 15) is 4.79 Å². The van der Waals surface area contributed by atoms with Gasteiger partial charge in [-0.2, -0.15) is 5.10 Å². The number of ether oxygens (including phenoxy) is 2. The maximum Gasteiger partial charge on any atom is 0.341 e. The molecule has 0 N–H and O–H groups in total. The van der Waals surface area contributed by atoms with Crippen molar-refractivity contribution in [3.05, 3.63) is 47.0 Å². The van der Waals surface area contributed by atoms with Crippen LogP contribution in [0.15, 0.2) is 24.5 Å². The molecular weight excluding hydrogens is 294 g/mol. The molecule has 3 heterocycles. The average molecular weight is 315 g/mol. The molecule has 6 nitrogen and oxygen atoms in total. The number of carbonyl (C=O) groups excluding carboxylic acids is 1. The van der Waals surface area contributed by atoms with Crippen molar-refractivity contribution in [3.8, 4) is 0 Å². The van der Waals surface area contributed by atoms with Gasteiger partial charge in [0.05, 0.1) is 43.7 Å². The lowest BCUT2D eigenvalue weighted by Crippen LogP contribution is -2.27. The molecule has 1 fully saturated rings. The van der Waals surface area contributed by atoms with Gasteiger partial charge in [-0.3, -0.25) is 9.67 Å². The SMILES string of the molecule is CCOC(=O)c1cn(Cc2ccc(CC)cn2)nc1C1COC1. The van der Waals surface area contributed by atoms with E-state index in [1.165, 1.54) is 5.56 Å². The van der Waals surface area contributed by atoms with Crippen LogP contribution >= 0.6 is 0 Å². The fourth-order valence-electron chi connectivity index (χ4n) is 2.50. The fraction of sp³-hybridized carbons (Fsp3) is 0.471. The van der Waals surface area contributed by atoms with E-state index in [4.69, 9.17) is 9.47 Å². The van der Waals surface area contributed by atoms with E-state index < -0.39 is 0 Å². The largest absolute Gasteiger partial charge is 0.462 e. The highest BCUT2D eigenvalue weighted by Gasteiger charge is 2.29. The van der Waals surface area contributed by atoms with Gasteiger partial charge >= 0.3 is 5.97 Å². The average Bonchev–Trinajstić information content (AvgIpc) is 2.90. The number of nitrogens with zero attached hydrogens (tertiary/aromatic N) is 3. The van der Waals surface area contributed by atoms with Crippen LogP contribution in [0.3, 0.4) is 0 Å². The standard InChI is InChI=1S/C17H21N3O3/c1-3-12-5-6-14(18-7-12)8-20-9-15(17(21)23-4-2)16(19-20)13-10-22-11-13/h5-7,9,13H,3-4,8,10-11H2,1-2H3. The van der Waals surface area contributed by atoms with Crippen LogP contribution in [0.1, 0.15) is 47.1 Å². The Morgan fingerprint density at radius 1 is 1.39 bits per heavy atom. The zero-order valence-electron chi connectivity index (χ0n) is 13.5. The first-order valence-corrected chi connectivity index (χ1v) is 7.97. The Balaban J connectivity index is 1.82. The molecule has 0 aromatic carbocycles. The van der Waals surface area contributed by atoms with Crippen molar-refractivity contribution in [2.24, 2.45) is 0 Å². The Bertz CT molecular complexity index is 675. The molecule has 0 aliphatic carbocycles. The van der Waals surface area contributed by atoms with E-state index in [1.807, 2.05) is 12.3 Å². The molecule has 0 unspecified atom stereocenters. The minimum Gasteiger partial charge on any atom is -0.462 e. The van der Waals surface area contributed by atoms with Crippen LogP contribution in [-0.2, 0) is 22.4 Å². The molecule has 0 amide bonds. The minimum absolute atomic E-state index is 0.172. The number of aryl methyl sites for hydroxylation is 1. The predicted molar refractivity (Wildman–Crippen MR) is 84.5 cm³/mol. The first-order valence-electron chi connectivity index (χ1n) is 7.97. The highest BCUT2D eigenvalue weighted by Crippen LogP contribution is 2.26. The van der Waals surface area contributed by atoms with Crippen LogP contribution < -0.4 is 0 Å². The van der Waals surface area contributed by atoms with Gasteiger partial charge in [0, 0.05) is 12.4 Å². The molecule has 0 spiro atoms. The number of pyridine rings is 1. The molecule has 6 heteroatoms. The summed E-state index contributed by atoms with van der Waals surface area (Å²) in [6, 6.07) is 4.06. The highest BCUT2D eigenvalue weighted by atomic mass is 16.5. The van der Waals surface area contributed by atoms with E-state index >= 15 is 0 Å². The van der Waals surface area contributed by atoms with E-state index in [0.29, 0.717) is 31.9 Å². The first-order chi connectivity index (χ1) is 11.2. The van der Waals surface area contributed by atoms with Crippen molar-refractivity contribution >= 4 is 5.97 Å². The van der Waals surface area contributed by atoms with Crippen molar-refractivity contribution in [2.45, 2.75) is 32.7 Å². The molecule has 0 atom stereocenters. The van der Waals surface area contributed by atoms with Gasteiger partial charge in [-0.15, -0.1) is 0 Å². The molecule has 1 saturated heterocycles. The molecule has 122 valence electrons. The van der Waals surface area contributed by atoms with Crippen LogP contribution in [0.25, 0.3) is 0 Å². The van der Waals surface area contributed by atoms with E-state index in [0.717, 1.165) is 17.8 Å². The Labute approximate surface area is 135 Å². The summed E-state index contributed by atoms with van der Waals surface area (Å²) in [5.74, 6) is -0.152. The van der Waals surface area contributed by atoms with Gasteiger partial charge in [0.2, 0.25) is 0 Å². The fourth-order valence-corrected chi connectivity index (χ4v) is 2.50. The summed E-state index contributed by atoms with van der Waals surface area (Å²) in [5.41, 5.74) is 3.41. The summed E-state index contributed by atoms with van der Waals surface area (Å²) in [7, 11) is 0. The topological polar surface area (TPSA) is 66.2 Å². The normalized spacial score (nSPS) is 14.5. The van der Waals surface area contributed by atoms with Crippen molar-refractivity contribution in [3.63, 3.8) is 0 Å². The number of hydrogen-bond donors (Lipinski definition) is 0. The molecule has 3 rings (SSSR count). The van der Waals surface area contributed by atoms with Crippen molar-refractivity contribution in [1.82, 2.24) is 14.8 Å². The van der Waals surface area contributed by atoms with Gasteiger partial charge in [0.15, 0.2) is 0 Å². The monoisotopic (exact) mass is 315 g/mol. The van der Waals surface area contributed by atoms with Gasteiger partial charge in [0.25, 0.3) is 0 Å². The number of carbonyl (C=O) groups is 1. The maximum atomic E-state index is 12.1. The van der Waals surface area contributed by atoms with Gasteiger partial charge in [0.1, 0.15) is 5.56 Å². The summed E-state index contributed by atoms with van der Waals surface area (Å²) in [4.78, 5) is 16.6. The first kappa shape index (κ1) is 15.7. The van der Waals surface area contributed by atoms with E-state index in [1.54, 1.807) is 17.8 Å². The number of aromatic nitrogens is 3. The third kappa shape index (κ3) is 3.42. The van der Waals surface area contributed by atoms with Crippen molar-refractivity contribution in [1.29, 1.82) is 0 Å².